The van der Waals surface area contributed by atoms with E-state index in [2.05, 4.69) is 17.4 Å². The van der Waals surface area contributed by atoms with Gasteiger partial charge in [0.05, 0.1) is 6.10 Å². The topological polar surface area (TPSA) is 21.3 Å². The number of hydrogen-bond donors (Lipinski definition) is 1. The number of fused-ring (bicyclic) bond motifs is 1. The van der Waals surface area contributed by atoms with Crippen LogP contribution < -0.4 is 5.32 Å². The normalized spacial score (nSPS) is 22.4. The first-order chi connectivity index (χ1) is 10.3. The van der Waals surface area contributed by atoms with Crippen LogP contribution in [0.2, 0.25) is 5.02 Å². The average Bonchev–Trinajstić information content (AvgIpc) is 2.90. The Morgan fingerprint density at radius 2 is 1.90 bits per heavy atom. The van der Waals surface area contributed by atoms with Crippen LogP contribution in [0, 0.1) is 0 Å². The number of benzene rings is 1. The summed E-state index contributed by atoms with van der Waals surface area (Å²) in [7, 11) is 0. The summed E-state index contributed by atoms with van der Waals surface area (Å²) in [6.07, 6.45) is 10.5. The molecule has 1 fully saturated rings. The smallest absolute Gasteiger partial charge is 0.0575 e. The van der Waals surface area contributed by atoms with E-state index < -0.39 is 0 Å². The molecule has 116 valence electrons. The highest BCUT2D eigenvalue weighted by molar-refractivity contribution is 6.30. The average molecular weight is 308 g/mol. The molecule has 0 radical (unpaired) electrons. The van der Waals surface area contributed by atoms with Crippen molar-refractivity contribution in [3.63, 3.8) is 0 Å². The quantitative estimate of drug-likeness (QED) is 0.798. The first-order valence-corrected chi connectivity index (χ1v) is 8.81. The largest absolute Gasteiger partial charge is 0.378 e. The van der Waals surface area contributed by atoms with Gasteiger partial charge in [-0.15, -0.1) is 0 Å². The van der Waals surface area contributed by atoms with Gasteiger partial charge in [-0.05, 0) is 61.9 Å². The molecule has 1 saturated carbocycles. The van der Waals surface area contributed by atoms with Crippen LogP contribution in [0.15, 0.2) is 18.2 Å². The molecule has 2 nitrogen and oxygen atoms in total. The molecule has 0 spiro atoms. The molecule has 1 N–H and O–H groups in total. The molecule has 1 unspecified atom stereocenters. The highest BCUT2D eigenvalue weighted by atomic mass is 35.5. The molecule has 0 aromatic heterocycles. The van der Waals surface area contributed by atoms with Crippen LogP contribution in [0.3, 0.4) is 0 Å². The Kier molecular flexibility index (Phi) is 5.56. The number of nitrogens with one attached hydrogen (secondary N) is 1. The Balaban J connectivity index is 1.30. The molecule has 0 bridgehead atoms. The zero-order chi connectivity index (χ0) is 14.5. The van der Waals surface area contributed by atoms with Gasteiger partial charge in [0.15, 0.2) is 0 Å². The van der Waals surface area contributed by atoms with Gasteiger partial charge in [-0.2, -0.15) is 0 Å². The summed E-state index contributed by atoms with van der Waals surface area (Å²) >= 11 is 6.05. The number of rotatable bonds is 6. The summed E-state index contributed by atoms with van der Waals surface area (Å²) in [6, 6.07) is 6.87. The fraction of sp³-hybridized carbons (Fsp3) is 0.667. The lowest BCUT2D eigenvalue weighted by Gasteiger charge is -2.22. The maximum absolute atomic E-state index is 6.05. The summed E-state index contributed by atoms with van der Waals surface area (Å²) in [5.74, 6) is 0. The fourth-order valence-electron chi connectivity index (χ4n) is 3.59. The standard InChI is InChI=1S/C18H26ClNO/c19-16-8-7-14-12-17(13-15(14)11-16)20-9-4-10-21-18-5-2-1-3-6-18/h7-8,11,17-18,20H,1-6,9-10,12-13H2. The van der Waals surface area contributed by atoms with Crippen molar-refractivity contribution in [3.05, 3.63) is 34.3 Å². The monoisotopic (exact) mass is 307 g/mol. The second kappa shape index (κ2) is 7.62. The zero-order valence-corrected chi connectivity index (χ0v) is 13.5. The van der Waals surface area contributed by atoms with Crippen LogP contribution in [-0.4, -0.2) is 25.3 Å². The Labute approximate surface area is 133 Å². The van der Waals surface area contributed by atoms with E-state index in [9.17, 15) is 0 Å². The van der Waals surface area contributed by atoms with Crippen LogP contribution >= 0.6 is 11.6 Å². The molecule has 0 saturated heterocycles. The number of halogens is 1. The van der Waals surface area contributed by atoms with Crippen molar-refractivity contribution < 1.29 is 4.74 Å². The van der Waals surface area contributed by atoms with Crippen LogP contribution in [0.4, 0.5) is 0 Å². The third-order valence-electron chi connectivity index (χ3n) is 4.76. The van der Waals surface area contributed by atoms with E-state index in [0.29, 0.717) is 12.1 Å². The molecule has 1 aromatic rings. The van der Waals surface area contributed by atoms with Crippen LogP contribution in [0.1, 0.15) is 49.7 Å². The second-order valence-corrected chi connectivity index (χ2v) is 6.89. The molecular weight excluding hydrogens is 282 g/mol. The molecule has 0 heterocycles. The van der Waals surface area contributed by atoms with Crippen LogP contribution in [-0.2, 0) is 17.6 Å². The van der Waals surface area contributed by atoms with Crippen molar-refractivity contribution in [1.82, 2.24) is 5.32 Å². The van der Waals surface area contributed by atoms with Gasteiger partial charge < -0.3 is 10.1 Å². The lowest BCUT2D eigenvalue weighted by atomic mass is 9.98. The number of ether oxygens (including phenoxy) is 1. The lowest BCUT2D eigenvalue weighted by Crippen LogP contribution is -2.31. The van der Waals surface area contributed by atoms with Crippen LogP contribution in [0.5, 0.6) is 0 Å². The molecule has 0 amide bonds. The van der Waals surface area contributed by atoms with Gasteiger partial charge in [-0.25, -0.2) is 0 Å². The molecule has 3 heteroatoms. The van der Waals surface area contributed by atoms with E-state index in [1.54, 1.807) is 0 Å². The highest BCUT2D eigenvalue weighted by Crippen LogP contribution is 2.25. The molecular formula is C18H26ClNO. The summed E-state index contributed by atoms with van der Waals surface area (Å²) in [5, 5.41) is 4.52. The molecule has 2 aliphatic carbocycles. The van der Waals surface area contributed by atoms with Crippen LogP contribution in [0.25, 0.3) is 0 Å². The van der Waals surface area contributed by atoms with E-state index in [1.165, 1.54) is 43.2 Å². The van der Waals surface area contributed by atoms with Crippen molar-refractivity contribution in [3.8, 4) is 0 Å². The van der Waals surface area contributed by atoms with Gasteiger partial charge in [0.1, 0.15) is 0 Å². The zero-order valence-electron chi connectivity index (χ0n) is 12.7. The molecule has 21 heavy (non-hydrogen) atoms. The fourth-order valence-corrected chi connectivity index (χ4v) is 3.79. The van der Waals surface area contributed by atoms with Crippen molar-refractivity contribution in [2.75, 3.05) is 13.2 Å². The Bertz CT molecular complexity index is 457. The summed E-state index contributed by atoms with van der Waals surface area (Å²) in [4.78, 5) is 0. The minimum atomic E-state index is 0.539. The minimum Gasteiger partial charge on any atom is -0.378 e. The summed E-state index contributed by atoms with van der Waals surface area (Å²) in [6.45, 7) is 1.96. The molecule has 1 aromatic carbocycles. The summed E-state index contributed by atoms with van der Waals surface area (Å²) in [5.41, 5.74) is 2.87. The van der Waals surface area contributed by atoms with Crippen molar-refractivity contribution in [1.29, 1.82) is 0 Å². The van der Waals surface area contributed by atoms with Gasteiger partial charge in [0, 0.05) is 17.7 Å². The number of hydrogen-bond acceptors (Lipinski definition) is 2. The van der Waals surface area contributed by atoms with Crippen molar-refractivity contribution in [2.45, 2.75) is 63.5 Å². The molecule has 1 atom stereocenters. The molecule has 3 rings (SSSR count). The first kappa shape index (κ1) is 15.3. The van der Waals surface area contributed by atoms with Gasteiger partial charge in [0.2, 0.25) is 0 Å². The van der Waals surface area contributed by atoms with Gasteiger partial charge in [-0.3, -0.25) is 0 Å². The Morgan fingerprint density at radius 1 is 1.10 bits per heavy atom. The van der Waals surface area contributed by atoms with E-state index in [-0.39, 0.29) is 0 Å². The second-order valence-electron chi connectivity index (χ2n) is 6.46. The van der Waals surface area contributed by atoms with Crippen molar-refractivity contribution in [2.24, 2.45) is 0 Å². The van der Waals surface area contributed by atoms with Gasteiger partial charge in [0.25, 0.3) is 0 Å². The van der Waals surface area contributed by atoms with Gasteiger partial charge in [-0.1, -0.05) is 36.9 Å². The molecule has 2 aliphatic rings. The van der Waals surface area contributed by atoms with Crippen molar-refractivity contribution >= 4 is 11.6 Å². The third kappa shape index (κ3) is 4.45. The predicted molar refractivity (Wildman–Crippen MR) is 88.1 cm³/mol. The lowest BCUT2D eigenvalue weighted by molar-refractivity contribution is 0.0271. The third-order valence-corrected chi connectivity index (χ3v) is 5.00. The maximum Gasteiger partial charge on any atom is 0.0575 e. The predicted octanol–water partition coefficient (Wildman–Crippen LogP) is 4.14. The highest BCUT2D eigenvalue weighted by Gasteiger charge is 2.20. The Hall–Kier alpha value is -0.570. The maximum atomic E-state index is 6.05. The van der Waals surface area contributed by atoms with E-state index >= 15 is 0 Å². The first-order valence-electron chi connectivity index (χ1n) is 8.43. The van der Waals surface area contributed by atoms with E-state index in [1.807, 2.05) is 6.07 Å². The Morgan fingerprint density at radius 3 is 2.76 bits per heavy atom. The van der Waals surface area contributed by atoms with Gasteiger partial charge >= 0.3 is 0 Å². The van der Waals surface area contributed by atoms with E-state index in [0.717, 1.165) is 37.4 Å². The molecule has 0 aliphatic heterocycles. The minimum absolute atomic E-state index is 0.539. The van der Waals surface area contributed by atoms with E-state index in [4.69, 9.17) is 16.3 Å². The summed E-state index contributed by atoms with van der Waals surface area (Å²) < 4.78 is 5.97. The SMILES string of the molecule is Clc1ccc2c(c1)CC(NCCCOC1CCCCC1)C2.